The molecule has 0 spiro atoms. The number of hydrogen-bond donors (Lipinski definition) is 2. The molecule has 0 bridgehead atoms. The van der Waals surface area contributed by atoms with Crippen LogP contribution < -0.4 is 5.32 Å². The summed E-state index contributed by atoms with van der Waals surface area (Å²) < 4.78 is 0. The Balaban J connectivity index is 2.81. The maximum atomic E-state index is 11.4. The summed E-state index contributed by atoms with van der Waals surface area (Å²) in [5, 5.41) is 11.8. The fraction of sp³-hybridized carbons (Fsp3) is 0.133. The van der Waals surface area contributed by atoms with E-state index in [1.165, 1.54) is 0 Å². The van der Waals surface area contributed by atoms with Gasteiger partial charge in [-0.05, 0) is 36.3 Å². The van der Waals surface area contributed by atoms with E-state index in [-0.39, 0.29) is 11.7 Å². The fourth-order valence-corrected chi connectivity index (χ4v) is 1.41. The monoisotopic (exact) mass is 243 g/mol. The summed E-state index contributed by atoms with van der Waals surface area (Å²) in [5.74, 6) is 0.0855. The molecule has 1 aromatic rings. The summed E-state index contributed by atoms with van der Waals surface area (Å²) in [4.78, 5) is 11.4. The fourth-order valence-electron chi connectivity index (χ4n) is 1.41. The number of carbonyl (C=O) groups excluding carboxylic acids is 1. The van der Waals surface area contributed by atoms with Gasteiger partial charge in [0.15, 0.2) is 0 Å². The molecule has 0 aliphatic carbocycles. The summed E-state index contributed by atoms with van der Waals surface area (Å²) in [7, 11) is 1.59. The van der Waals surface area contributed by atoms with Gasteiger partial charge in [0.2, 0.25) is 0 Å². The second-order valence-corrected chi connectivity index (χ2v) is 3.73. The van der Waals surface area contributed by atoms with E-state index < -0.39 is 0 Å². The second-order valence-electron chi connectivity index (χ2n) is 3.73. The normalized spacial score (nSPS) is 11.6. The molecule has 3 nitrogen and oxygen atoms in total. The number of likely N-dealkylation sites (N-methyl/N-ethyl adjacent to an activating group) is 1. The number of nitrogens with one attached hydrogen (secondary N) is 1. The van der Waals surface area contributed by atoms with E-state index in [9.17, 15) is 9.90 Å². The Kier molecular flexibility index (Phi) is 4.93. The lowest BCUT2D eigenvalue weighted by Gasteiger charge is -2.02. The highest BCUT2D eigenvalue weighted by molar-refractivity contribution is 5.96. The Hall–Kier alpha value is -2.29. The number of aromatic hydroxyl groups is 1. The highest BCUT2D eigenvalue weighted by atomic mass is 16.3. The molecule has 0 saturated carbocycles. The van der Waals surface area contributed by atoms with E-state index in [1.807, 2.05) is 0 Å². The maximum Gasteiger partial charge on any atom is 0.250 e. The van der Waals surface area contributed by atoms with Gasteiger partial charge in [-0.3, -0.25) is 4.79 Å². The highest BCUT2D eigenvalue weighted by Gasteiger charge is 2.02. The Bertz CT molecular complexity index is 496. The number of carbonyl (C=O) groups is 1. The molecule has 0 radical (unpaired) electrons. The zero-order valence-electron chi connectivity index (χ0n) is 10.6. The minimum absolute atomic E-state index is 0.132. The molecule has 2 N–H and O–H groups in total. The van der Waals surface area contributed by atoms with Crippen molar-refractivity contribution in [1.82, 2.24) is 5.32 Å². The van der Waals surface area contributed by atoms with Crippen molar-refractivity contribution in [2.45, 2.75) is 6.92 Å². The van der Waals surface area contributed by atoms with Crippen molar-refractivity contribution in [1.29, 1.82) is 0 Å². The Labute approximate surface area is 107 Å². The first-order valence-electron chi connectivity index (χ1n) is 5.63. The summed E-state index contributed by atoms with van der Waals surface area (Å²) in [6.45, 7) is 5.72. The van der Waals surface area contributed by atoms with Crippen molar-refractivity contribution in [3.05, 3.63) is 60.2 Å². The molecule has 0 aromatic heterocycles. The van der Waals surface area contributed by atoms with Gasteiger partial charge in [-0.2, -0.15) is 0 Å². The van der Waals surface area contributed by atoms with Crippen LogP contribution in [0.5, 0.6) is 5.75 Å². The molecule has 94 valence electrons. The van der Waals surface area contributed by atoms with Crippen LogP contribution >= 0.6 is 0 Å². The minimum Gasteiger partial charge on any atom is -0.508 e. The topological polar surface area (TPSA) is 49.3 Å². The molecule has 0 unspecified atom stereocenters. The number of allylic oxidation sites excluding steroid dienone is 3. The quantitative estimate of drug-likeness (QED) is 0.631. The molecule has 0 aliphatic rings. The van der Waals surface area contributed by atoms with Crippen LogP contribution in [0.1, 0.15) is 12.5 Å². The molecule has 18 heavy (non-hydrogen) atoms. The van der Waals surface area contributed by atoms with Gasteiger partial charge in [-0.1, -0.05) is 30.9 Å². The van der Waals surface area contributed by atoms with Crippen LogP contribution in [0, 0.1) is 0 Å². The van der Waals surface area contributed by atoms with Crippen molar-refractivity contribution in [3.63, 3.8) is 0 Å². The zero-order valence-corrected chi connectivity index (χ0v) is 10.6. The van der Waals surface area contributed by atoms with Crippen LogP contribution in [0.25, 0.3) is 5.57 Å². The van der Waals surface area contributed by atoms with E-state index in [2.05, 4.69) is 11.9 Å². The largest absolute Gasteiger partial charge is 0.508 e. The van der Waals surface area contributed by atoms with E-state index in [0.29, 0.717) is 5.57 Å². The summed E-state index contributed by atoms with van der Waals surface area (Å²) in [6.07, 6.45) is 5.23. The number of benzene rings is 1. The average Bonchev–Trinajstić information content (AvgIpc) is 2.39. The van der Waals surface area contributed by atoms with E-state index in [1.54, 1.807) is 56.5 Å². The molecule has 0 fully saturated rings. The predicted molar refractivity (Wildman–Crippen MR) is 74.1 cm³/mol. The van der Waals surface area contributed by atoms with Gasteiger partial charge >= 0.3 is 0 Å². The second kappa shape index (κ2) is 6.45. The Morgan fingerprint density at radius 2 is 1.89 bits per heavy atom. The molecule has 0 aliphatic heterocycles. The van der Waals surface area contributed by atoms with Crippen LogP contribution in [0.15, 0.2) is 54.6 Å². The third-order valence-electron chi connectivity index (χ3n) is 2.50. The van der Waals surface area contributed by atoms with Gasteiger partial charge in [-0.25, -0.2) is 0 Å². The highest BCUT2D eigenvalue weighted by Crippen LogP contribution is 2.18. The first-order chi connectivity index (χ1) is 8.58. The van der Waals surface area contributed by atoms with Gasteiger partial charge in [-0.15, -0.1) is 0 Å². The third kappa shape index (κ3) is 3.63. The first-order valence-corrected chi connectivity index (χ1v) is 5.63. The Morgan fingerprint density at radius 3 is 2.39 bits per heavy atom. The predicted octanol–water partition coefficient (Wildman–Crippen LogP) is 2.65. The molecule has 0 saturated heterocycles. The molecule has 0 heterocycles. The van der Waals surface area contributed by atoms with Gasteiger partial charge in [0, 0.05) is 12.6 Å². The number of hydrogen-bond acceptors (Lipinski definition) is 2. The van der Waals surface area contributed by atoms with E-state index in [0.717, 1.165) is 11.1 Å². The maximum absolute atomic E-state index is 11.4. The smallest absolute Gasteiger partial charge is 0.250 e. The number of amides is 1. The molecule has 1 rings (SSSR count). The van der Waals surface area contributed by atoms with Crippen molar-refractivity contribution in [3.8, 4) is 5.75 Å². The number of rotatable bonds is 4. The van der Waals surface area contributed by atoms with E-state index in [4.69, 9.17) is 0 Å². The van der Waals surface area contributed by atoms with Gasteiger partial charge in [0.1, 0.15) is 5.75 Å². The number of phenols is 1. The molecular weight excluding hydrogens is 226 g/mol. The zero-order chi connectivity index (χ0) is 13.5. The SMILES string of the molecule is C=C(/C=C\C(=C/C)C(=O)NC)c1ccc(O)cc1. The summed E-state index contributed by atoms with van der Waals surface area (Å²) in [6, 6.07) is 6.75. The van der Waals surface area contributed by atoms with Gasteiger partial charge in [0.05, 0.1) is 0 Å². The molecule has 0 atom stereocenters. The lowest BCUT2D eigenvalue weighted by atomic mass is 10.1. The van der Waals surface area contributed by atoms with Crippen LogP contribution in [0.2, 0.25) is 0 Å². The van der Waals surface area contributed by atoms with Crippen molar-refractivity contribution in [2.75, 3.05) is 7.05 Å². The van der Waals surface area contributed by atoms with Gasteiger partial charge < -0.3 is 10.4 Å². The van der Waals surface area contributed by atoms with Crippen LogP contribution in [0.4, 0.5) is 0 Å². The lowest BCUT2D eigenvalue weighted by molar-refractivity contribution is -0.116. The first kappa shape index (κ1) is 13.8. The van der Waals surface area contributed by atoms with Crippen LogP contribution in [-0.2, 0) is 4.79 Å². The molecular formula is C15H17NO2. The molecule has 1 amide bonds. The number of phenolic OH excluding ortho intramolecular Hbond substituents is 1. The standard InChI is InChI=1S/C15H17NO2/c1-4-12(15(18)16-3)6-5-11(2)13-7-9-14(17)10-8-13/h4-10,17H,2H2,1,3H3,(H,16,18)/b6-5-,12-4+. The van der Waals surface area contributed by atoms with Crippen molar-refractivity contribution >= 4 is 11.5 Å². The molecule has 3 heteroatoms. The molecule has 1 aromatic carbocycles. The van der Waals surface area contributed by atoms with Crippen molar-refractivity contribution in [2.24, 2.45) is 0 Å². The van der Waals surface area contributed by atoms with Crippen LogP contribution in [0.3, 0.4) is 0 Å². The average molecular weight is 243 g/mol. The lowest BCUT2D eigenvalue weighted by Crippen LogP contribution is -2.18. The summed E-state index contributed by atoms with van der Waals surface area (Å²) >= 11 is 0. The van der Waals surface area contributed by atoms with Crippen LogP contribution in [-0.4, -0.2) is 18.1 Å². The summed E-state index contributed by atoms with van der Waals surface area (Å²) in [5.41, 5.74) is 2.26. The van der Waals surface area contributed by atoms with Crippen molar-refractivity contribution < 1.29 is 9.90 Å². The third-order valence-corrected chi connectivity index (χ3v) is 2.50. The van der Waals surface area contributed by atoms with E-state index >= 15 is 0 Å². The minimum atomic E-state index is -0.132. The van der Waals surface area contributed by atoms with Gasteiger partial charge in [0.25, 0.3) is 5.91 Å². The Morgan fingerprint density at radius 1 is 1.28 bits per heavy atom.